The molecule has 2 aromatic rings. The smallest absolute Gasteiger partial charge is 0.259 e. The number of nitrogens with zero attached hydrogens (tertiary/aromatic N) is 3. The van der Waals surface area contributed by atoms with Crippen molar-refractivity contribution in [2.75, 3.05) is 32.7 Å². The van der Waals surface area contributed by atoms with E-state index < -0.39 is 0 Å². The molecule has 7 nitrogen and oxygen atoms in total. The fraction of sp³-hybridized carbons (Fsp3) is 0.450. The number of rotatable bonds is 3. The number of benzene rings is 1. The summed E-state index contributed by atoms with van der Waals surface area (Å²) >= 11 is 0. The molecule has 0 spiro atoms. The van der Waals surface area contributed by atoms with Crippen LogP contribution in [0.2, 0.25) is 0 Å². The molecule has 2 aliphatic rings. The predicted octanol–water partition coefficient (Wildman–Crippen LogP) is 1.69. The second-order valence-electron chi connectivity index (χ2n) is 7.14. The third-order valence-electron chi connectivity index (χ3n) is 5.37. The fourth-order valence-electron chi connectivity index (χ4n) is 3.98. The number of hydrogen-bond donors (Lipinski definition) is 1. The van der Waals surface area contributed by atoms with Crippen molar-refractivity contribution in [2.24, 2.45) is 0 Å². The molecule has 2 fully saturated rings. The highest BCUT2D eigenvalue weighted by molar-refractivity contribution is 6.00. The van der Waals surface area contributed by atoms with E-state index in [0.717, 1.165) is 24.9 Å². The van der Waals surface area contributed by atoms with E-state index in [1.807, 2.05) is 40.1 Å². The minimum atomic E-state index is -0.0695. The molecule has 27 heavy (non-hydrogen) atoms. The largest absolute Gasteiger partial charge is 0.360 e. The summed E-state index contributed by atoms with van der Waals surface area (Å²) in [5.74, 6) is 0.575. The quantitative estimate of drug-likeness (QED) is 0.892. The maximum atomic E-state index is 13.3. The molecule has 2 amide bonds. The molecule has 4 rings (SSSR count). The Morgan fingerprint density at radius 1 is 1.26 bits per heavy atom. The van der Waals surface area contributed by atoms with Gasteiger partial charge < -0.3 is 19.6 Å². The van der Waals surface area contributed by atoms with Crippen LogP contribution in [-0.4, -0.2) is 65.5 Å². The van der Waals surface area contributed by atoms with Crippen LogP contribution < -0.4 is 5.32 Å². The molecule has 142 valence electrons. The Morgan fingerprint density at radius 3 is 2.85 bits per heavy atom. The van der Waals surface area contributed by atoms with E-state index in [2.05, 4.69) is 10.5 Å². The van der Waals surface area contributed by atoms with Crippen LogP contribution in [-0.2, 0) is 4.79 Å². The number of piperazine rings is 1. The van der Waals surface area contributed by atoms with Crippen LogP contribution in [0.4, 0.5) is 0 Å². The first-order valence-electron chi connectivity index (χ1n) is 9.46. The van der Waals surface area contributed by atoms with Gasteiger partial charge in [-0.1, -0.05) is 35.5 Å². The van der Waals surface area contributed by atoms with Crippen LogP contribution in [0.5, 0.6) is 0 Å². The zero-order valence-corrected chi connectivity index (χ0v) is 15.5. The number of likely N-dealkylation sites (tertiary alicyclic amines) is 1. The van der Waals surface area contributed by atoms with E-state index in [4.69, 9.17) is 4.52 Å². The lowest BCUT2D eigenvalue weighted by Gasteiger charge is -2.41. The topological polar surface area (TPSA) is 78.7 Å². The molecule has 1 aromatic carbocycles. The summed E-state index contributed by atoms with van der Waals surface area (Å²) in [4.78, 5) is 29.3. The average Bonchev–Trinajstić information content (AvgIpc) is 3.10. The Morgan fingerprint density at radius 2 is 2.07 bits per heavy atom. The van der Waals surface area contributed by atoms with Crippen LogP contribution in [0.1, 0.15) is 29.0 Å². The molecule has 7 heteroatoms. The van der Waals surface area contributed by atoms with Gasteiger partial charge in [0.05, 0.1) is 6.54 Å². The van der Waals surface area contributed by atoms with Crippen LogP contribution in [0, 0.1) is 6.92 Å². The number of hydrogen-bond acceptors (Lipinski definition) is 5. The number of piperidine rings is 1. The van der Waals surface area contributed by atoms with Gasteiger partial charge in [-0.15, -0.1) is 0 Å². The molecule has 1 N–H and O–H groups in total. The van der Waals surface area contributed by atoms with Gasteiger partial charge in [0.2, 0.25) is 5.91 Å². The van der Waals surface area contributed by atoms with E-state index in [0.29, 0.717) is 43.2 Å². The van der Waals surface area contributed by atoms with Gasteiger partial charge in [0, 0.05) is 37.8 Å². The Labute approximate surface area is 158 Å². The molecular weight excluding hydrogens is 344 g/mol. The number of carbonyl (C=O) groups excluding carboxylic acids is 2. The summed E-state index contributed by atoms with van der Waals surface area (Å²) in [5, 5.41) is 7.23. The van der Waals surface area contributed by atoms with E-state index in [1.54, 1.807) is 6.92 Å². The second kappa shape index (κ2) is 7.52. The third kappa shape index (κ3) is 3.47. The summed E-state index contributed by atoms with van der Waals surface area (Å²) in [5.41, 5.74) is 1.97. The van der Waals surface area contributed by atoms with Gasteiger partial charge >= 0.3 is 0 Å². The second-order valence-corrected chi connectivity index (χ2v) is 7.14. The third-order valence-corrected chi connectivity index (χ3v) is 5.37. The molecule has 0 aliphatic carbocycles. The van der Waals surface area contributed by atoms with Gasteiger partial charge in [-0.3, -0.25) is 9.59 Å². The van der Waals surface area contributed by atoms with Gasteiger partial charge in [0.25, 0.3) is 5.91 Å². The SMILES string of the molecule is Cc1onc(-c2ccccc2)c1C(=O)N1CCCC(N2CCNCC2=O)C1. The van der Waals surface area contributed by atoms with Crippen molar-refractivity contribution < 1.29 is 14.1 Å². The Hall–Kier alpha value is -2.67. The molecule has 0 bridgehead atoms. The fourth-order valence-corrected chi connectivity index (χ4v) is 3.98. The first-order valence-corrected chi connectivity index (χ1v) is 9.46. The van der Waals surface area contributed by atoms with Crippen molar-refractivity contribution in [3.63, 3.8) is 0 Å². The minimum Gasteiger partial charge on any atom is -0.360 e. The van der Waals surface area contributed by atoms with Crippen LogP contribution >= 0.6 is 0 Å². The Kier molecular flexibility index (Phi) is 4.94. The standard InChI is InChI=1S/C20H24N4O3/c1-14-18(19(22-27-14)15-6-3-2-4-7-15)20(26)23-10-5-8-16(13-23)24-11-9-21-12-17(24)25/h2-4,6-7,16,21H,5,8-13H2,1H3. The van der Waals surface area contributed by atoms with Crippen molar-refractivity contribution in [3.05, 3.63) is 41.7 Å². The monoisotopic (exact) mass is 368 g/mol. The van der Waals surface area contributed by atoms with Crippen LogP contribution in [0.3, 0.4) is 0 Å². The molecule has 2 aliphatic heterocycles. The highest BCUT2D eigenvalue weighted by Crippen LogP contribution is 2.28. The lowest BCUT2D eigenvalue weighted by Crippen LogP contribution is -2.57. The summed E-state index contributed by atoms with van der Waals surface area (Å²) < 4.78 is 5.35. The van der Waals surface area contributed by atoms with E-state index in [1.165, 1.54) is 0 Å². The number of aromatic nitrogens is 1. The summed E-state index contributed by atoms with van der Waals surface area (Å²) in [6, 6.07) is 9.69. The van der Waals surface area contributed by atoms with Crippen LogP contribution in [0.25, 0.3) is 11.3 Å². The van der Waals surface area contributed by atoms with E-state index in [9.17, 15) is 9.59 Å². The number of nitrogens with one attached hydrogen (secondary N) is 1. The van der Waals surface area contributed by atoms with Gasteiger partial charge in [-0.2, -0.15) is 0 Å². The van der Waals surface area contributed by atoms with Gasteiger partial charge in [-0.05, 0) is 19.8 Å². The normalized spacial score (nSPS) is 20.8. The van der Waals surface area contributed by atoms with Gasteiger partial charge in [0.1, 0.15) is 17.0 Å². The van der Waals surface area contributed by atoms with Crippen molar-refractivity contribution in [1.82, 2.24) is 20.3 Å². The first kappa shape index (κ1) is 17.7. The van der Waals surface area contributed by atoms with Crippen molar-refractivity contribution in [1.29, 1.82) is 0 Å². The molecule has 0 saturated carbocycles. The molecule has 3 heterocycles. The van der Waals surface area contributed by atoms with Crippen molar-refractivity contribution >= 4 is 11.8 Å². The summed E-state index contributed by atoms with van der Waals surface area (Å²) in [6.07, 6.45) is 1.82. The van der Waals surface area contributed by atoms with Crippen molar-refractivity contribution in [2.45, 2.75) is 25.8 Å². The molecule has 2 saturated heterocycles. The summed E-state index contributed by atoms with van der Waals surface area (Å²) in [6.45, 7) is 4.91. The molecular formula is C20H24N4O3. The minimum absolute atomic E-state index is 0.0695. The predicted molar refractivity (Wildman–Crippen MR) is 100 cm³/mol. The highest BCUT2D eigenvalue weighted by atomic mass is 16.5. The molecule has 1 aromatic heterocycles. The lowest BCUT2D eigenvalue weighted by molar-refractivity contribution is -0.135. The maximum absolute atomic E-state index is 13.3. The van der Waals surface area contributed by atoms with Crippen LogP contribution in [0.15, 0.2) is 34.9 Å². The van der Waals surface area contributed by atoms with Crippen molar-refractivity contribution in [3.8, 4) is 11.3 Å². The zero-order chi connectivity index (χ0) is 18.8. The highest BCUT2D eigenvalue weighted by Gasteiger charge is 2.34. The Balaban J connectivity index is 1.56. The van der Waals surface area contributed by atoms with E-state index >= 15 is 0 Å². The number of aryl methyl sites for hydroxylation is 1. The van der Waals surface area contributed by atoms with Gasteiger partial charge in [0.15, 0.2) is 0 Å². The molecule has 1 atom stereocenters. The molecule has 0 radical (unpaired) electrons. The lowest BCUT2D eigenvalue weighted by atomic mass is 10.0. The average molecular weight is 368 g/mol. The number of carbonyl (C=O) groups is 2. The zero-order valence-electron chi connectivity index (χ0n) is 15.5. The Bertz CT molecular complexity index is 833. The van der Waals surface area contributed by atoms with Gasteiger partial charge in [-0.25, -0.2) is 0 Å². The molecule has 1 unspecified atom stereocenters. The maximum Gasteiger partial charge on any atom is 0.259 e. The summed E-state index contributed by atoms with van der Waals surface area (Å²) in [7, 11) is 0. The van der Waals surface area contributed by atoms with E-state index in [-0.39, 0.29) is 17.9 Å². The first-order chi connectivity index (χ1) is 13.1. The number of amides is 2.